The van der Waals surface area contributed by atoms with E-state index in [1.165, 1.54) is 0 Å². The van der Waals surface area contributed by atoms with Gasteiger partial charge in [0.05, 0.1) is 18.7 Å². The van der Waals surface area contributed by atoms with E-state index in [1.54, 1.807) is 4.90 Å². The lowest BCUT2D eigenvalue weighted by atomic mass is 10.2. The molecule has 0 spiro atoms. The quantitative estimate of drug-likeness (QED) is 0.708. The average molecular weight is 422 g/mol. The van der Waals surface area contributed by atoms with Gasteiger partial charge in [-0.2, -0.15) is 0 Å². The topological polar surface area (TPSA) is 69.6 Å². The zero-order valence-electron chi connectivity index (χ0n) is 11.9. The van der Waals surface area contributed by atoms with Crippen molar-refractivity contribution in [2.75, 3.05) is 25.0 Å². The summed E-state index contributed by atoms with van der Waals surface area (Å²) in [5.74, 6) is -1.04. The molecule has 0 aromatic heterocycles. The molecule has 2 N–H and O–H groups in total. The van der Waals surface area contributed by atoms with Crippen molar-refractivity contribution in [2.45, 2.75) is 20.3 Å². The van der Waals surface area contributed by atoms with Gasteiger partial charge in [0.1, 0.15) is 0 Å². The molecular weight excluding hydrogens is 404 g/mol. The van der Waals surface area contributed by atoms with Crippen LogP contribution in [-0.2, 0) is 9.59 Å². The minimum atomic E-state index is -0.863. The number of hydrogen-bond acceptors (Lipinski definition) is 3. The largest absolute Gasteiger partial charge is 0.481 e. The fourth-order valence-electron chi connectivity index (χ4n) is 1.80. The zero-order valence-corrected chi connectivity index (χ0v) is 15.1. The SMILES string of the molecule is CCN(CCC(=O)O)CC(=O)Nc1c(Br)cc(C)cc1Br. The molecule has 7 heteroatoms. The third kappa shape index (κ3) is 6.15. The molecule has 0 aliphatic heterocycles. The first-order valence-corrected chi connectivity index (χ1v) is 8.11. The van der Waals surface area contributed by atoms with Crippen LogP contribution in [0.2, 0.25) is 0 Å². The Hall–Kier alpha value is -0.920. The van der Waals surface area contributed by atoms with Crippen molar-refractivity contribution in [3.8, 4) is 0 Å². The van der Waals surface area contributed by atoms with Crippen LogP contribution in [0.5, 0.6) is 0 Å². The number of rotatable bonds is 7. The van der Waals surface area contributed by atoms with Crippen LogP contribution < -0.4 is 5.32 Å². The number of carbonyl (C=O) groups is 2. The van der Waals surface area contributed by atoms with Gasteiger partial charge in [0.2, 0.25) is 5.91 Å². The van der Waals surface area contributed by atoms with Crippen molar-refractivity contribution in [3.05, 3.63) is 26.6 Å². The number of benzene rings is 1. The van der Waals surface area contributed by atoms with Crippen LogP contribution in [0.1, 0.15) is 18.9 Å². The maximum atomic E-state index is 12.1. The summed E-state index contributed by atoms with van der Waals surface area (Å²) in [5, 5.41) is 11.5. The van der Waals surface area contributed by atoms with Crippen molar-refractivity contribution in [3.63, 3.8) is 0 Å². The smallest absolute Gasteiger partial charge is 0.304 e. The Labute approximate surface area is 141 Å². The van der Waals surface area contributed by atoms with Gasteiger partial charge in [0.15, 0.2) is 0 Å². The summed E-state index contributed by atoms with van der Waals surface area (Å²) in [4.78, 5) is 24.4. The minimum Gasteiger partial charge on any atom is -0.481 e. The van der Waals surface area contributed by atoms with Crippen LogP contribution in [-0.4, -0.2) is 41.5 Å². The lowest BCUT2D eigenvalue weighted by molar-refractivity contribution is -0.137. The number of anilines is 1. The lowest BCUT2D eigenvalue weighted by Gasteiger charge is -2.19. The van der Waals surface area contributed by atoms with Crippen molar-refractivity contribution < 1.29 is 14.7 Å². The molecule has 0 unspecified atom stereocenters. The normalized spacial score (nSPS) is 10.7. The lowest BCUT2D eigenvalue weighted by Crippen LogP contribution is -2.34. The van der Waals surface area contributed by atoms with Gasteiger partial charge in [-0.15, -0.1) is 0 Å². The van der Waals surface area contributed by atoms with Crippen LogP contribution in [0.3, 0.4) is 0 Å². The standard InChI is InChI=1S/C14H18Br2N2O3/c1-3-18(5-4-13(20)21)8-12(19)17-14-10(15)6-9(2)7-11(14)16/h6-7H,3-5,8H2,1-2H3,(H,17,19)(H,20,21). The fraction of sp³-hybridized carbons (Fsp3) is 0.429. The van der Waals surface area contributed by atoms with Crippen LogP contribution in [0, 0.1) is 6.92 Å². The molecule has 116 valence electrons. The molecule has 0 atom stereocenters. The number of nitrogens with zero attached hydrogens (tertiary/aromatic N) is 1. The summed E-state index contributed by atoms with van der Waals surface area (Å²) >= 11 is 6.85. The molecule has 1 aromatic rings. The highest BCUT2D eigenvalue weighted by atomic mass is 79.9. The fourth-order valence-corrected chi connectivity index (χ4v) is 3.42. The zero-order chi connectivity index (χ0) is 16.0. The first-order valence-electron chi connectivity index (χ1n) is 6.53. The molecular formula is C14H18Br2N2O3. The molecule has 0 radical (unpaired) electrons. The Bertz CT molecular complexity index is 512. The van der Waals surface area contributed by atoms with E-state index in [9.17, 15) is 9.59 Å². The second-order valence-corrected chi connectivity index (χ2v) is 6.37. The third-order valence-corrected chi connectivity index (χ3v) is 4.16. The number of nitrogens with one attached hydrogen (secondary N) is 1. The maximum Gasteiger partial charge on any atom is 0.304 e. The van der Waals surface area contributed by atoms with E-state index in [-0.39, 0.29) is 18.9 Å². The highest BCUT2D eigenvalue weighted by Crippen LogP contribution is 2.32. The van der Waals surface area contributed by atoms with E-state index in [0.717, 1.165) is 14.5 Å². The second-order valence-electron chi connectivity index (χ2n) is 4.66. The van der Waals surface area contributed by atoms with Gasteiger partial charge in [-0.1, -0.05) is 6.92 Å². The van der Waals surface area contributed by atoms with Crippen LogP contribution in [0.4, 0.5) is 5.69 Å². The molecule has 0 saturated carbocycles. The van der Waals surface area contributed by atoms with Crippen molar-refractivity contribution >= 4 is 49.4 Å². The number of aryl methyl sites for hydroxylation is 1. The monoisotopic (exact) mass is 420 g/mol. The van der Waals surface area contributed by atoms with Gasteiger partial charge in [0, 0.05) is 15.5 Å². The van der Waals surface area contributed by atoms with Gasteiger partial charge in [-0.3, -0.25) is 14.5 Å². The molecule has 0 bridgehead atoms. The second kappa shape index (κ2) is 8.51. The van der Waals surface area contributed by atoms with Crippen LogP contribution in [0.25, 0.3) is 0 Å². The van der Waals surface area contributed by atoms with Crippen molar-refractivity contribution in [2.24, 2.45) is 0 Å². The van der Waals surface area contributed by atoms with Crippen molar-refractivity contribution in [1.82, 2.24) is 4.90 Å². The minimum absolute atomic E-state index is 0.0268. The first-order chi connectivity index (χ1) is 9.83. The summed E-state index contributed by atoms with van der Waals surface area (Å²) in [6.07, 6.45) is 0.0268. The molecule has 1 amide bonds. The number of amides is 1. The van der Waals surface area contributed by atoms with Gasteiger partial charge in [0.25, 0.3) is 0 Å². The van der Waals surface area contributed by atoms with E-state index in [0.29, 0.717) is 18.8 Å². The molecule has 0 fully saturated rings. The predicted octanol–water partition coefficient (Wildman–Crippen LogP) is 3.26. The van der Waals surface area contributed by atoms with E-state index in [1.807, 2.05) is 26.0 Å². The molecule has 0 saturated heterocycles. The third-order valence-electron chi connectivity index (χ3n) is 2.91. The maximum absolute atomic E-state index is 12.1. The Balaban J connectivity index is 2.66. The number of carbonyl (C=O) groups excluding carboxylic acids is 1. The van der Waals surface area contributed by atoms with Gasteiger partial charge < -0.3 is 10.4 Å². The number of carboxylic acid groups (broad SMARTS) is 1. The summed E-state index contributed by atoms with van der Waals surface area (Å²) in [6, 6.07) is 3.84. The molecule has 0 aliphatic carbocycles. The molecule has 1 rings (SSSR count). The molecule has 5 nitrogen and oxygen atoms in total. The number of carboxylic acids is 1. The highest BCUT2D eigenvalue weighted by molar-refractivity contribution is 9.11. The highest BCUT2D eigenvalue weighted by Gasteiger charge is 2.14. The predicted molar refractivity (Wildman–Crippen MR) is 89.6 cm³/mol. The molecule has 21 heavy (non-hydrogen) atoms. The van der Waals surface area contributed by atoms with E-state index in [4.69, 9.17) is 5.11 Å². The summed E-state index contributed by atoms with van der Waals surface area (Å²) in [7, 11) is 0. The first kappa shape index (κ1) is 18.1. The molecule has 0 aliphatic rings. The van der Waals surface area contributed by atoms with Crippen LogP contribution in [0.15, 0.2) is 21.1 Å². The van der Waals surface area contributed by atoms with Gasteiger partial charge in [-0.05, 0) is 63.0 Å². The Morgan fingerprint density at radius 2 is 1.86 bits per heavy atom. The van der Waals surface area contributed by atoms with E-state index >= 15 is 0 Å². The summed E-state index contributed by atoms with van der Waals surface area (Å²) in [6.45, 7) is 5.00. The van der Waals surface area contributed by atoms with Crippen LogP contribution >= 0.6 is 31.9 Å². The van der Waals surface area contributed by atoms with Crippen molar-refractivity contribution in [1.29, 1.82) is 0 Å². The van der Waals surface area contributed by atoms with Gasteiger partial charge >= 0.3 is 5.97 Å². The summed E-state index contributed by atoms with van der Waals surface area (Å²) in [5.41, 5.74) is 1.75. The number of aliphatic carboxylic acids is 1. The van der Waals surface area contributed by atoms with E-state index in [2.05, 4.69) is 37.2 Å². The molecule has 0 heterocycles. The number of hydrogen-bond donors (Lipinski definition) is 2. The summed E-state index contributed by atoms with van der Waals surface area (Å²) < 4.78 is 1.60. The molecule has 1 aromatic carbocycles. The Morgan fingerprint density at radius 1 is 1.29 bits per heavy atom. The van der Waals surface area contributed by atoms with Gasteiger partial charge in [-0.25, -0.2) is 0 Å². The average Bonchev–Trinajstić information content (AvgIpc) is 2.38. The Morgan fingerprint density at radius 3 is 2.33 bits per heavy atom. The number of halogens is 2. The Kier molecular flexibility index (Phi) is 7.34. The number of likely N-dealkylation sites (N-methyl/N-ethyl adjacent to an activating group) is 1. The van der Waals surface area contributed by atoms with E-state index < -0.39 is 5.97 Å².